The molecule has 25 heavy (non-hydrogen) atoms. The van der Waals surface area contributed by atoms with Gasteiger partial charge in [0.05, 0.1) is 6.61 Å². The Hall–Kier alpha value is -2.42. The summed E-state index contributed by atoms with van der Waals surface area (Å²) < 4.78 is 9.95. The molecule has 1 aromatic rings. The van der Waals surface area contributed by atoms with Crippen LogP contribution in [0.1, 0.15) is 23.8 Å². The van der Waals surface area contributed by atoms with Gasteiger partial charge in [0.2, 0.25) is 5.95 Å². The van der Waals surface area contributed by atoms with Gasteiger partial charge in [0, 0.05) is 52.6 Å². The van der Waals surface area contributed by atoms with Gasteiger partial charge < -0.3 is 24.6 Å². The van der Waals surface area contributed by atoms with Crippen LogP contribution in [-0.4, -0.2) is 79.9 Å². The minimum atomic E-state index is -0.299. The minimum Gasteiger partial charge on any atom is -0.450 e. The van der Waals surface area contributed by atoms with E-state index in [0.29, 0.717) is 57.6 Å². The molecule has 2 amide bonds. The molecule has 0 aromatic carbocycles. The van der Waals surface area contributed by atoms with Crippen molar-refractivity contribution in [3.05, 3.63) is 18.0 Å². The van der Waals surface area contributed by atoms with Crippen LogP contribution >= 0.6 is 0 Å². The van der Waals surface area contributed by atoms with E-state index in [1.807, 2.05) is 4.90 Å². The Kier molecular flexibility index (Phi) is 7.39. The molecule has 9 nitrogen and oxygen atoms in total. The number of nitrogens with one attached hydrogen (secondary N) is 1. The number of aromatic nitrogens is 2. The standard InChI is InChI=1S/C16H25N5O4/c1-3-25-16(23)21-10-8-20(9-11-21)15-18-7-5-13(19-15)14(22)17-6-4-12-24-2/h5,7H,3-4,6,8-12H2,1-2H3,(H,17,22). The fourth-order valence-corrected chi connectivity index (χ4v) is 2.44. The molecule has 0 bridgehead atoms. The quantitative estimate of drug-likeness (QED) is 0.715. The van der Waals surface area contributed by atoms with Crippen molar-refractivity contribution >= 4 is 17.9 Å². The van der Waals surface area contributed by atoms with E-state index in [2.05, 4.69) is 15.3 Å². The number of methoxy groups -OCH3 is 1. The third-order valence-corrected chi connectivity index (χ3v) is 3.77. The first kappa shape index (κ1) is 18.9. The van der Waals surface area contributed by atoms with Crippen LogP contribution < -0.4 is 10.2 Å². The summed E-state index contributed by atoms with van der Waals surface area (Å²) in [4.78, 5) is 36.0. The Labute approximate surface area is 147 Å². The first-order valence-electron chi connectivity index (χ1n) is 8.42. The molecule has 0 atom stereocenters. The van der Waals surface area contributed by atoms with Crippen molar-refractivity contribution < 1.29 is 19.1 Å². The monoisotopic (exact) mass is 351 g/mol. The largest absolute Gasteiger partial charge is 0.450 e. The average Bonchev–Trinajstić information content (AvgIpc) is 2.65. The Balaban J connectivity index is 1.89. The predicted molar refractivity (Wildman–Crippen MR) is 91.7 cm³/mol. The maximum absolute atomic E-state index is 12.1. The lowest BCUT2D eigenvalue weighted by Crippen LogP contribution is -2.49. The molecule has 1 N–H and O–H groups in total. The highest BCUT2D eigenvalue weighted by molar-refractivity contribution is 5.92. The Morgan fingerprint density at radius 1 is 1.28 bits per heavy atom. The Morgan fingerprint density at radius 2 is 2.04 bits per heavy atom. The van der Waals surface area contributed by atoms with Crippen molar-refractivity contribution in [1.29, 1.82) is 0 Å². The van der Waals surface area contributed by atoms with E-state index in [9.17, 15) is 9.59 Å². The first-order chi connectivity index (χ1) is 12.2. The normalized spacial score (nSPS) is 14.3. The number of carbonyl (C=O) groups is 2. The molecular weight excluding hydrogens is 326 g/mol. The Morgan fingerprint density at radius 3 is 2.72 bits per heavy atom. The van der Waals surface area contributed by atoms with Gasteiger partial charge in [-0.3, -0.25) is 4.79 Å². The van der Waals surface area contributed by atoms with Crippen molar-refractivity contribution in [2.24, 2.45) is 0 Å². The molecular formula is C16H25N5O4. The van der Waals surface area contributed by atoms with Crippen LogP contribution in [0.2, 0.25) is 0 Å². The zero-order chi connectivity index (χ0) is 18.1. The number of piperazine rings is 1. The molecule has 0 saturated carbocycles. The molecule has 2 rings (SSSR count). The number of anilines is 1. The van der Waals surface area contributed by atoms with Crippen LogP contribution in [0.4, 0.5) is 10.7 Å². The lowest BCUT2D eigenvalue weighted by atomic mass is 10.3. The van der Waals surface area contributed by atoms with E-state index < -0.39 is 0 Å². The van der Waals surface area contributed by atoms with Crippen molar-refractivity contribution in [1.82, 2.24) is 20.2 Å². The number of hydrogen-bond acceptors (Lipinski definition) is 7. The van der Waals surface area contributed by atoms with E-state index in [4.69, 9.17) is 9.47 Å². The summed E-state index contributed by atoms with van der Waals surface area (Å²) >= 11 is 0. The van der Waals surface area contributed by atoms with Gasteiger partial charge in [-0.05, 0) is 19.4 Å². The van der Waals surface area contributed by atoms with Crippen LogP contribution in [0.3, 0.4) is 0 Å². The highest BCUT2D eigenvalue weighted by Gasteiger charge is 2.23. The molecule has 0 spiro atoms. The molecule has 1 aliphatic rings. The van der Waals surface area contributed by atoms with Crippen LogP contribution in [0.15, 0.2) is 12.3 Å². The van der Waals surface area contributed by atoms with Crippen molar-refractivity contribution in [2.75, 3.05) is 57.9 Å². The van der Waals surface area contributed by atoms with Gasteiger partial charge in [0.1, 0.15) is 5.69 Å². The third kappa shape index (κ3) is 5.56. The van der Waals surface area contributed by atoms with E-state index in [1.165, 1.54) is 0 Å². The minimum absolute atomic E-state index is 0.232. The maximum atomic E-state index is 12.1. The second-order valence-electron chi connectivity index (χ2n) is 5.52. The second kappa shape index (κ2) is 9.77. The predicted octanol–water partition coefficient (Wildman–Crippen LogP) is 0.521. The number of nitrogens with zero attached hydrogens (tertiary/aromatic N) is 4. The summed E-state index contributed by atoms with van der Waals surface area (Å²) in [6.07, 6.45) is 2.02. The molecule has 1 aromatic heterocycles. The first-order valence-corrected chi connectivity index (χ1v) is 8.42. The molecule has 2 heterocycles. The molecule has 9 heteroatoms. The third-order valence-electron chi connectivity index (χ3n) is 3.77. The van der Waals surface area contributed by atoms with Crippen LogP contribution in [0, 0.1) is 0 Å². The van der Waals surface area contributed by atoms with Gasteiger partial charge in [0.15, 0.2) is 0 Å². The fraction of sp³-hybridized carbons (Fsp3) is 0.625. The fourth-order valence-electron chi connectivity index (χ4n) is 2.44. The molecule has 0 unspecified atom stereocenters. The van der Waals surface area contributed by atoms with E-state index in [0.717, 1.165) is 6.42 Å². The van der Waals surface area contributed by atoms with Gasteiger partial charge >= 0.3 is 6.09 Å². The van der Waals surface area contributed by atoms with E-state index >= 15 is 0 Å². The maximum Gasteiger partial charge on any atom is 0.409 e. The van der Waals surface area contributed by atoms with Gasteiger partial charge in [-0.25, -0.2) is 14.8 Å². The Bertz CT molecular complexity index is 575. The van der Waals surface area contributed by atoms with Crippen molar-refractivity contribution in [3.63, 3.8) is 0 Å². The summed E-state index contributed by atoms with van der Waals surface area (Å²) in [5.41, 5.74) is 0.329. The van der Waals surface area contributed by atoms with Crippen molar-refractivity contribution in [3.8, 4) is 0 Å². The van der Waals surface area contributed by atoms with Crippen LogP contribution in [0.5, 0.6) is 0 Å². The zero-order valence-corrected chi connectivity index (χ0v) is 14.7. The topological polar surface area (TPSA) is 96.9 Å². The molecule has 0 radical (unpaired) electrons. The number of rotatable bonds is 7. The summed E-state index contributed by atoms with van der Waals surface area (Å²) in [6, 6.07) is 1.59. The van der Waals surface area contributed by atoms with Crippen LogP contribution in [-0.2, 0) is 9.47 Å². The summed E-state index contributed by atoms with van der Waals surface area (Å²) in [5, 5.41) is 2.80. The summed E-state index contributed by atoms with van der Waals surface area (Å²) in [5.74, 6) is 0.262. The lowest BCUT2D eigenvalue weighted by molar-refractivity contribution is 0.0943. The highest BCUT2D eigenvalue weighted by atomic mass is 16.6. The summed E-state index contributed by atoms with van der Waals surface area (Å²) in [6.45, 7) is 5.54. The van der Waals surface area contributed by atoms with E-state index in [1.54, 1.807) is 31.2 Å². The van der Waals surface area contributed by atoms with Crippen LogP contribution in [0.25, 0.3) is 0 Å². The zero-order valence-electron chi connectivity index (χ0n) is 14.7. The lowest BCUT2D eigenvalue weighted by Gasteiger charge is -2.34. The van der Waals surface area contributed by atoms with E-state index in [-0.39, 0.29) is 12.0 Å². The molecule has 1 saturated heterocycles. The summed E-state index contributed by atoms with van der Waals surface area (Å²) in [7, 11) is 1.63. The van der Waals surface area contributed by atoms with Gasteiger partial charge in [-0.15, -0.1) is 0 Å². The smallest absolute Gasteiger partial charge is 0.409 e. The van der Waals surface area contributed by atoms with Gasteiger partial charge in [-0.2, -0.15) is 0 Å². The SMILES string of the molecule is CCOC(=O)N1CCN(c2nccc(C(=O)NCCCOC)n2)CC1. The molecule has 0 aliphatic carbocycles. The molecule has 138 valence electrons. The molecule has 1 fully saturated rings. The van der Waals surface area contributed by atoms with Crippen molar-refractivity contribution in [2.45, 2.75) is 13.3 Å². The molecule has 1 aliphatic heterocycles. The average molecular weight is 351 g/mol. The van der Waals surface area contributed by atoms with Gasteiger partial charge in [0.25, 0.3) is 5.91 Å². The number of amides is 2. The van der Waals surface area contributed by atoms with Gasteiger partial charge in [-0.1, -0.05) is 0 Å². The number of hydrogen-bond donors (Lipinski definition) is 1. The number of ether oxygens (including phenoxy) is 2. The highest BCUT2D eigenvalue weighted by Crippen LogP contribution is 2.12. The number of carbonyl (C=O) groups excluding carboxylic acids is 2. The second-order valence-corrected chi connectivity index (χ2v) is 5.52.